The molecule has 1 aromatic rings. The molecule has 86 valence electrons. The van der Waals surface area contributed by atoms with E-state index in [1.54, 1.807) is 12.1 Å². The second-order valence-electron chi connectivity index (χ2n) is 4.33. The van der Waals surface area contributed by atoms with Gasteiger partial charge in [0.05, 0.1) is 5.56 Å². The van der Waals surface area contributed by atoms with E-state index in [0.29, 0.717) is 17.2 Å². The maximum absolute atomic E-state index is 11.9. The van der Waals surface area contributed by atoms with Gasteiger partial charge in [0.15, 0.2) is 0 Å². The number of amides is 1. The monoisotopic (exact) mass is 282 g/mol. The van der Waals surface area contributed by atoms with E-state index in [1.165, 1.54) is 12.8 Å². The van der Waals surface area contributed by atoms with Crippen molar-refractivity contribution in [1.29, 1.82) is 0 Å². The van der Waals surface area contributed by atoms with E-state index in [9.17, 15) is 4.79 Å². The highest BCUT2D eigenvalue weighted by Crippen LogP contribution is 2.32. The lowest BCUT2D eigenvalue weighted by Gasteiger charge is -2.13. The van der Waals surface area contributed by atoms with Gasteiger partial charge in [0.25, 0.3) is 5.91 Å². The topological polar surface area (TPSA) is 55.1 Å². The number of nitrogens with one attached hydrogen (secondary N) is 1. The number of hydrogen-bond acceptors (Lipinski definition) is 2. The molecule has 0 bridgehead atoms. The fourth-order valence-electron chi connectivity index (χ4n) is 1.72. The van der Waals surface area contributed by atoms with Crippen LogP contribution in [0.5, 0.6) is 0 Å². The van der Waals surface area contributed by atoms with Crippen LogP contribution in [0, 0.1) is 5.92 Å². The van der Waals surface area contributed by atoms with Crippen LogP contribution in [0.1, 0.15) is 30.1 Å². The van der Waals surface area contributed by atoms with Crippen molar-refractivity contribution in [3.63, 3.8) is 0 Å². The van der Waals surface area contributed by atoms with Gasteiger partial charge in [-0.05, 0) is 43.9 Å². The Bertz CT molecular complexity index is 415. The lowest BCUT2D eigenvalue weighted by atomic mass is 10.1. The largest absolute Gasteiger partial charge is 0.398 e. The van der Waals surface area contributed by atoms with Crippen molar-refractivity contribution >= 4 is 27.5 Å². The van der Waals surface area contributed by atoms with E-state index in [0.717, 1.165) is 4.47 Å². The van der Waals surface area contributed by atoms with Crippen LogP contribution in [0.3, 0.4) is 0 Å². The van der Waals surface area contributed by atoms with E-state index >= 15 is 0 Å². The van der Waals surface area contributed by atoms with Gasteiger partial charge in [-0.1, -0.05) is 15.9 Å². The van der Waals surface area contributed by atoms with E-state index in [1.807, 2.05) is 13.0 Å². The second kappa shape index (κ2) is 4.45. The van der Waals surface area contributed by atoms with Gasteiger partial charge < -0.3 is 11.1 Å². The van der Waals surface area contributed by atoms with Crippen LogP contribution in [-0.2, 0) is 0 Å². The zero-order chi connectivity index (χ0) is 11.7. The molecule has 0 aliphatic heterocycles. The van der Waals surface area contributed by atoms with Gasteiger partial charge in [0.2, 0.25) is 0 Å². The molecule has 2 rings (SSSR count). The van der Waals surface area contributed by atoms with Crippen LogP contribution < -0.4 is 11.1 Å². The molecular weight excluding hydrogens is 268 g/mol. The summed E-state index contributed by atoms with van der Waals surface area (Å²) in [6.07, 6.45) is 2.44. The van der Waals surface area contributed by atoms with Crippen molar-refractivity contribution in [2.45, 2.75) is 25.8 Å². The summed E-state index contributed by atoms with van der Waals surface area (Å²) in [5, 5.41) is 2.99. The van der Waals surface area contributed by atoms with Crippen molar-refractivity contribution in [3.8, 4) is 0 Å². The maximum Gasteiger partial charge on any atom is 0.253 e. The van der Waals surface area contributed by atoms with Gasteiger partial charge in [-0.3, -0.25) is 4.79 Å². The molecule has 1 amide bonds. The first kappa shape index (κ1) is 11.5. The van der Waals surface area contributed by atoms with Gasteiger partial charge in [-0.2, -0.15) is 0 Å². The van der Waals surface area contributed by atoms with Crippen LogP contribution >= 0.6 is 15.9 Å². The van der Waals surface area contributed by atoms with Crippen LogP contribution in [0.25, 0.3) is 0 Å². The van der Waals surface area contributed by atoms with E-state index in [4.69, 9.17) is 5.73 Å². The van der Waals surface area contributed by atoms with Crippen molar-refractivity contribution < 1.29 is 4.79 Å². The minimum Gasteiger partial charge on any atom is -0.398 e. The van der Waals surface area contributed by atoms with Gasteiger partial charge in [-0.15, -0.1) is 0 Å². The smallest absolute Gasteiger partial charge is 0.253 e. The summed E-state index contributed by atoms with van der Waals surface area (Å²) >= 11 is 3.34. The Hall–Kier alpha value is -1.03. The zero-order valence-corrected chi connectivity index (χ0v) is 10.8. The van der Waals surface area contributed by atoms with Gasteiger partial charge in [0.1, 0.15) is 0 Å². The average Bonchev–Trinajstić information content (AvgIpc) is 3.04. The molecule has 1 atom stereocenters. The molecule has 0 saturated heterocycles. The molecule has 1 aliphatic rings. The Balaban J connectivity index is 2.10. The fraction of sp³-hybridized carbons (Fsp3) is 0.417. The molecule has 1 unspecified atom stereocenters. The molecule has 3 N–H and O–H groups in total. The predicted octanol–water partition coefficient (Wildman–Crippen LogP) is 2.56. The lowest BCUT2D eigenvalue weighted by molar-refractivity contribution is 0.0936. The normalized spacial score (nSPS) is 16.9. The Kier molecular flexibility index (Phi) is 3.19. The Morgan fingerprint density at radius 3 is 2.88 bits per heavy atom. The summed E-state index contributed by atoms with van der Waals surface area (Å²) in [5.74, 6) is 0.565. The third-order valence-electron chi connectivity index (χ3n) is 2.95. The number of halogens is 1. The van der Waals surface area contributed by atoms with Crippen LogP contribution in [0.2, 0.25) is 0 Å². The molecule has 1 aromatic carbocycles. The first-order valence-electron chi connectivity index (χ1n) is 5.44. The molecule has 0 heterocycles. The van der Waals surface area contributed by atoms with E-state index in [2.05, 4.69) is 21.2 Å². The minimum atomic E-state index is -0.0850. The summed E-state index contributed by atoms with van der Waals surface area (Å²) in [4.78, 5) is 11.9. The number of nitrogen functional groups attached to an aromatic ring is 1. The summed E-state index contributed by atoms with van der Waals surface area (Å²) in [6.45, 7) is 2.05. The predicted molar refractivity (Wildman–Crippen MR) is 68.2 cm³/mol. The second-order valence-corrected chi connectivity index (χ2v) is 5.25. The molecule has 0 spiro atoms. The third kappa shape index (κ3) is 2.55. The number of carbonyl (C=O) groups excluding carboxylic acids is 1. The first-order valence-corrected chi connectivity index (χ1v) is 6.23. The number of benzene rings is 1. The zero-order valence-electron chi connectivity index (χ0n) is 9.16. The van der Waals surface area contributed by atoms with Gasteiger partial charge >= 0.3 is 0 Å². The van der Waals surface area contributed by atoms with Gasteiger partial charge in [0, 0.05) is 16.2 Å². The number of anilines is 1. The summed E-state index contributed by atoms with van der Waals surface area (Å²) in [6, 6.07) is 5.56. The molecule has 16 heavy (non-hydrogen) atoms. The number of carbonyl (C=O) groups is 1. The summed E-state index contributed by atoms with van der Waals surface area (Å²) in [7, 11) is 0. The highest BCUT2D eigenvalue weighted by Gasteiger charge is 2.29. The van der Waals surface area contributed by atoms with E-state index in [-0.39, 0.29) is 11.9 Å². The number of hydrogen-bond donors (Lipinski definition) is 2. The molecule has 0 radical (unpaired) electrons. The Labute approximate surface area is 104 Å². The fourth-order valence-corrected chi connectivity index (χ4v) is 2.08. The van der Waals surface area contributed by atoms with Crippen LogP contribution in [-0.4, -0.2) is 11.9 Å². The summed E-state index contributed by atoms with van der Waals surface area (Å²) in [5.41, 5.74) is 6.84. The van der Waals surface area contributed by atoms with Crippen molar-refractivity contribution in [2.24, 2.45) is 5.92 Å². The molecule has 0 aromatic heterocycles. The highest BCUT2D eigenvalue weighted by atomic mass is 79.9. The molecule has 1 saturated carbocycles. The van der Waals surface area contributed by atoms with E-state index < -0.39 is 0 Å². The van der Waals surface area contributed by atoms with Crippen molar-refractivity contribution in [1.82, 2.24) is 5.32 Å². The highest BCUT2D eigenvalue weighted by molar-refractivity contribution is 9.10. The average molecular weight is 283 g/mol. The molecular formula is C12H15BrN2O. The lowest BCUT2D eigenvalue weighted by Crippen LogP contribution is -2.34. The Morgan fingerprint density at radius 2 is 2.25 bits per heavy atom. The minimum absolute atomic E-state index is 0.0850. The van der Waals surface area contributed by atoms with Crippen molar-refractivity contribution in [2.75, 3.05) is 5.73 Å². The quantitative estimate of drug-likeness (QED) is 0.838. The van der Waals surface area contributed by atoms with Gasteiger partial charge in [-0.25, -0.2) is 0 Å². The maximum atomic E-state index is 11.9. The standard InChI is InChI=1S/C12H15BrN2O/c1-7(8-2-3-8)15-12(16)10-6-9(13)4-5-11(10)14/h4-8H,2-3,14H2,1H3,(H,15,16). The van der Waals surface area contributed by atoms with Crippen LogP contribution in [0.4, 0.5) is 5.69 Å². The molecule has 1 aliphatic carbocycles. The SMILES string of the molecule is CC(NC(=O)c1cc(Br)ccc1N)C1CC1. The molecule has 3 nitrogen and oxygen atoms in total. The molecule has 4 heteroatoms. The summed E-state index contributed by atoms with van der Waals surface area (Å²) < 4.78 is 0.867. The van der Waals surface area contributed by atoms with Crippen LogP contribution in [0.15, 0.2) is 22.7 Å². The van der Waals surface area contributed by atoms with Crippen molar-refractivity contribution in [3.05, 3.63) is 28.2 Å². The molecule has 1 fully saturated rings. The Morgan fingerprint density at radius 1 is 1.56 bits per heavy atom. The number of nitrogens with two attached hydrogens (primary N) is 1. The third-order valence-corrected chi connectivity index (χ3v) is 3.44. The first-order chi connectivity index (χ1) is 7.58. The number of rotatable bonds is 3.